The zero-order valence-corrected chi connectivity index (χ0v) is 32.5. The molecule has 0 saturated carbocycles. The first-order valence-electron chi connectivity index (χ1n) is 20.8. The summed E-state index contributed by atoms with van der Waals surface area (Å²) < 4.78 is 0. The van der Waals surface area contributed by atoms with E-state index in [2.05, 4.69) is 43.1 Å². The van der Waals surface area contributed by atoms with Gasteiger partial charge in [-0.3, -0.25) is 19.5 Å². The maximum absolute atomic E-state index is 13.3. The van der Waals surface area contributed by atoms with E-state index in [1.54, 1.807) is 0 Å². The summed E-state index contributed by atoms with van der Waals surface area (Å²) in [5.74, 6) is -1.98. The molecular weight excluding hydrogens is 624 g/mol. The first-order valence-corrected chi connectivity index (χ1v) is 20.8. The third kappa shape index (κ3) is 30.2. The van der Waals surface area contributed by atoms with Crippen molar-refractivity contribution in [1.82, 2.24) is 4.90 Å². The van der Waals surface area contributed by atoms with Crippen LogP contribution >= 0.6 is 0 Å². The van der Waals surface area contributed by atoms with Crippen LogP contribution in [0.3, 0.4) is 0 Å². The van der Waals surface area contributed by atoms with Crippen LogP contribution in [0.2, 0.25) is 0 Å². The van der Waals surface area contributed by atoms with Crippen molar-refractivity contribution in [1.29, 1.82) is 0 Å². The minimum atomic E-state index is -1.20. The second-order valence-electron chi connectivity index (χ2n) is 14.1. The first-order chi connectivity index (χ1) is 24.3. The van der Waals surface area contributed by atoms with E-state index in [4.69, 9.17) is 11.5 Å². The fraction of sp³-hybridized carbons (Fsp3) is 0.810. The number of unbranched alkanes of at least 4 members (excludes halogenated alkanes) is 22. The molecule has 0 fully saturated rings. The van der Waals surface area contributed by atoms with Gasteiger partial charge in [-0.05, 0) is 77.0 Å². The Bertz CT molecular complexity index is 861. The van der Waals surface area contributed by atoms with Crippen LogP contribution in [-0.4, -0.2) is 46.3 Å². The number of carboxylic acid groups (broad SMARTS) is 1. The number of aliphatic imine (C=N–C) groups is 1. The molecule has 0 aromatic rings. The smallest absolute Gasteiger partial charge is 0.326 e. The number of hydrogen-bond acceptors (Lipinski definition) is 4. The van der Waals surface area contributed by atoms with Crippen molar-refractivity contribution in [3.8, 4) is 0 Å². The highest BCUT2D eigenvalue weighted by Crippen LogP contribution is 2.18. The fourth-order valence-corrected chi connectivity index (χ4v) is 6.28. The lowest BCUT2D eigenvalue weighted by molar-refractivity contribution is -0.158. The number of hydrogen-bond donors (Lipinski definition) is 3. The lowest BCUT2D eigenvalue weighted by Crippen LogP contribution is -2.48. The lowest BCUT2D eigenvalue weighted by atomic mass is 10.0. The maximum Gasteiger partial charge on any atom is 0.326 e. The monoisotopic (exact) mass is 703 g/mol. The first kappa shape index (κ1) is 47.4. The van der Waals surface area contributed by atoms with Crippen molar-refractivity contribution >= 4 is 23.7 Å². The SMILES string of the molecule is CCCCCCCC/C=C\CCCCCCCC(=O)N(C(=O)CCCCCCC/C=C\CCCCCCCC)C(CCCN=C(N)N)C(=O)O. The predicted octanol–water partition coefficient (Wildman–Crippen LogP) is 10.9. The van der Waals surface area contributed by atoms with Crippen LogP contribution in [0.1, 0.15) is 206 Å². The number of carboxylic acids is 1. The number of rotatable bonds is 36. The molecule has 50 heavy (non-hydrogen) atoms. The van der Waals surface area contributed by atoms with Gasteiger partial charge in [-0.1, -0.05) is 141 Å². The number of carbonyl (C=O) groups excluding carboxylic acids is 2. The van der Waals surface area contributed by atoms with E-state index in [0.29, 0.717) is 19.3 Å². The number of imide groups is 1. The highest BCUT2D eigenvalue weighted by molar-refractivity contribution is 5.99. The average Bonchev–Trinajstić information content (AvgIpc) is 3.09. The Morgan fingerprint density at radius 2 is 0.880 bits per heavy atom. The Balaban J connectivity index is 4.54. The summed E-state index contributed by atoms with van der Waals surface area (Å²) in [6, 6.07) is -1.20. The van der Waals surface area contributed by atoms with E-state index in [1.807, 2.05) is 0 Å². The number of guanidine groups is 1. The molecule has 0 rings (SSSR count). The van der Waals surface area contributed by atoms with Crippen molar-refractivity contribution in [2.24, 2.45) is 16.5 Å². The lowest BCUT2D eigenvalue weighted by Gasteiger charge is -2.27. The molecule has 0 aliphatic carbocycles. The molecule has 2 amide bonds. The van der Waals surface area contributed by atoms with Gasteiger partial charge in [0.15, 0.2) is 5.96 Å². The van der Waals surface area contributed by atoms with Crippen LogP contribution in [0, 0.1) is 0 Å². The zero-order valence-electron chi connectivity index (χ0n) is 32.5. The van der Waals surface area contributed by atoms with E-state index < -0.39 is 12.0 Å². The van der Waals surface area contributed by atoms with Gasteiger partial charge in [0.2, 0.25) is 11.8 Å². The number of allylic oxidation sites excluding steroid dienone is 4. The molecule has 8 heteroatoms. The normalized spacial score (nSPS) is 12.1. The molecule has 0 spiro atoms. The van der Waals surface area contributed by atoms with Gasteiger partial charge in [0.1, 0.15) is 6.04 Å². The summed E-state index contributed by atoms with van der Waals surface area (Å²) in [5.41, 5.74) is 10.8. The maximum atomic E-state index is 13.3. The molecule has 0 radical (unpaired) electrons. The van der Waals surface area contributed by atoms with Crippen LogP contribution in [0.15, 0.2) is 29.3 Å². The van der Waals surface area contributed by atoms with Crippen LogP contribution in [0.25, 0.3) is 0 Å². The average molecular weight is 703 g/mol. The van der Waals surface area contributed by atoms with Crippen LogP contribution in [0.4, 0.5) is 0 Å². The minimum absolute atomic E-state index is 0.0609. The molecular formula is C42H78N4O4. The van der Waals surface area contributed by atoms with E-state index in [1.165, 1.54) is 89.9 Å². The highest BCUT2D eigenvalue weighted by atomic mass is 16.4. The number of aliphatic carboxylic acids is 1. The number of nitrogens with zero attached hydrogens (tertiary/aromatic N) is 2. The number of carbonyl (C=O) groups is 3. The Hall–Kier alpha value is -2.64. The minimum Gasteiger partial charge on any atom is -0.480 e. The van der Waals surface area contributed by atoms with Gasteiger partial charge >= 0.3 is 5.97 Å². The quantitative estimate of drug-likeness (QED) is 0.0257. The summed E-state index contributed by atoms with van der Waals surface area (Å²) in [4.78, 5) is 43.9. The zero-order chi connectivity index (χ0) is 36.9. The second kappa shape index (κ2) is 36.2. The van der Waals surface area contributed by atoms with E-state index in [0.717, 1.165) is 69.1 Å². The van der Waals surface area contributed by atoms with Gasteiger partial charge in [-0.15, -0.1) is 0 Å². The van der Waals surface area contributed by atoms with Crippen LogP contribution in [0.5, 0.6) is 0 Å². The summed E-state index contributed by atoms with van der Waals surface area (Å²) in [7, 11) is 0. The van der Waals surface area contributed by atoms with Gasteiger partial charge in [0.05, 0.1) is 0 Å². The molecule has 1 unspecified atom stereocenters. The molecule has 0 heterocycles. The van der Waals surface area contributed by atoms with Gasteiger partial charge in [0, 0.05) is 19.4 Å². The molecule has 0 aromatic heterocycles. The van der Waals surface area contributed by atoms with Gasteiger partial charge < -0.3 is 16.6 Å². The Kier molecular flexibility index (Phi) is 34.3. The van der Waals surface area contributed by atoms with Gasteiger partial charge in [-0.2, -0.15) is 0 Å². The van der Waals surface area contributed by atoms with E-state index >= 15 is 0 Å². The van der Waals surface area contributed by atoms with Crippen molar-refractivity contribution in [2.75, 3.05) is 6.54 Å². The van der Waals surface area contributed by atoms with E-state index in [9.17, 15) is 19.5 Å². The summed E-state index contributed by atoms with van der Waals surface area (Å²) in [6.45, 7) is 4.75. The number of amides is 2. The third-order valence-electron chi connectivity index (χ3n) is 9.37. The van der Waals surface area contributed by atoms with Crippen molar-refractivity contribution in [3.63, 3.8) is 0 Å². The largest absolute Gasteiger partial charge is 0.480 e. The van der Waals surface area contributed by atoms with Gasteiger partial charge in [-0.25, -0.2) is 4.79 Å². The van der Waals surface area contributed by atoms with Crippen molar-refractivity contribution in [3.05, 3.63) is 24.3 Å². The predicted molar refractivity (Wildman–Crippen MR) is 212 cm³/mol. The topological polar surface area (TPSA) is 139 Å². The highest BCUT2D eigenvalue weighted by Gasteiger charge is 2.33. The molecule has 0 aliphatic rings. The molecule has 0 aromatic carbocycles. The standard InChI is InChI=1S/C42H78N4O4/c1-3-5-7-9-11-13-15-17-19-21-23-25-27-29-31-35-39(47)46(38(41(49)50)34-33-37-45-42(43)44)40(48)36-32-30-28-26-24-22-20-18-16-14-12-10-8-6-4-2/h17-20,38H,3-16,21-37H2,1-2H3,(H,49,50)(H4,43,44,45)/b19-17-,20-18-. The van der Waals surface area contributed by atoms with Crippen LogP contribution < -0.4 is 11.5 Å². The van der Waals surface area contributed by atoms with E-state index in [-0.39, 0.29) is 43.6 Å². The van der Waals surface area contributed by atoms with Crippen LogP contribution in [-0.2, 0) is 14.4 Å². The summed E-state index contributed by atoms with van der Waals surface area (Å²) >= 11 is 0. The third-order valence-corrected chi connectivity index (χ3v) is 9.37. The number of nitrogens with two attached hydrogens (primary N) is 2. The summed E-state index contributed by atoms with van der Waals surface area (Å²) in [5, 5.41) is 10.0. The molecule has 0 bridgehead atoms. The Morgan fingerprint density at radius 1 is 0.540 bits per heavy atom. The van der Waals surface area contributed by atoms with Gasteiger partial charge in [0.25, 0.3) is 0 Å². The Labute approximate surface area is 307 Å². The molecule has 0 saturated heterocycles. The second-order valence-corrected chi connectivity index (χ2v) is 14.1. The summed E-state index contributed by atoms with van der Waals surface area (Å²) in [6.07, 6.45) is 40.2. The van der Waals surface area contributed by atoms with Crippen molar-refractivity contribution < 1.29 is 19.5 Å². The molecule has 1 atom stereocenters. The Morgan fingerprint density at radius 3 is 1.22 bits per heavy atom. The molecule has 290 valence electrons. The molecule has 8 nitrogen and oxygen atoms in total. The molecule has 5 N–H and O–H groups in total. The molecule has 0 aliphatic heterocycles. The fourth-order valence-electron chi connectivity index (χ4n) is 6.28. The van der Waals surface area contributed by atoms with Crippen molar-refractivity contribution in [2.45, 2.75) is 213 Å².